The summed E-state index contributed by atoms with van der Waals surface area (Å²) in [6, 6.07) is 13.5. The highest BCUT2D eigenvalue weighted by atomic mass is 35.5. The molecule has 0 bridgehead atoms. The molecule has 3 aromatic rings. The first kappa shape index (κ1) is 19.0. The van der Waals surface area contributed by atoms with Gasteiger partial charge in [-0.15, -0.1) is 0 Å². The topological polar surface area (TPSA) is 80.8 Å². The predicted octanol–water partition coefficient (Wildman–Crippen LogP) is 3.91. The fraction of sp³-hybridized carbons (Fsp3) is 0.136. The van der Waals surface area contributed by atoms with Crippen LogP contribution in [0.2, 0.25) is 5.02 Å². The standard InChI is InChI=1S/C22H17ClN4O2S/c1-27-20(28)22(26-21(27)24)16-8-12(13-7-14(23)11-25-10-13)3-5-18(16)30-19-6-4-15(29-2)9-17(19)22/h3-11H,1-2H3,(H2,24,26). The Morgan fingerprint density at radius 1 is 1.07 bits per heavy atom. The number of pyridine rings is 1. The molecule has 1 unspecified atom stereocenters. The minimum atomic E-state index is -1.26. The number of amides is 1. The smallest absolute Gasteiger partial charge is 0.266 e. The van der Waals surface area contributed by atoms with Crippen LogP contribution >= 0.6 is 23.4 Å². The molecule has 3 heterocycles. The lowest BCUT2D eigenvalue weighted by molar-refractivity contribution is -0.129. The number of carbonyl (C=O) groups is 1. The second kappa shape index (κ2) is 6.75. The van der Waals surface area contributed by atoms with Crippen LogP contribution in [0, 0.1) is 0 Å². The molecule has 30 heavy (non-hydrogen) atoms. The van der Waals surface area contributed by atoms with Gasteiger partial charge in [0.2, 0.25) is 0 Å². The maximum Gasteiger partial charge on any atom is 0.266 e. The van der Waals surface area contributed by atoms with E-state index in [0.29, 0.717) is 10.8 Å². The van der Waals surface area contributed by atoms with E-state index in [1.807, 2.05) is 42.5 Å². The zero-order valence-electron chi connectivity index (χ0n) is 16.2. The molecule has 2 aliphatic heterocycles. The van der Waals surface area contributed by atoms with Crippen LogP contribution in [0.4, 0.5) is 0 Å². The number of benzene rings is 2. The number of fused-ring (bicyclic) bond motifs is 4. The van der Waals surface area contributed by atoms with Crippen molar-refractivity contribution in [2.75, 3.05) is 14.2 Å². The molecule has 0 saturated carbocycles. The molecular formula is C22H17ClN4O2S. The average Bonchev–Trinajstić information content (AvgIpc) is 2.98. The minimum Gasteiger partial charge on any atom is -0.497 e. The van der Waals surface area contributed by atoms with E-state index in [1.165, 1.54) is 4.90 Å². The molecule has 1 aromatic heterocycles. The van der Waals surface area contributed by atoms with Gasteiger partial charge in [0.1, 0.15) is 5.75 Å². The number of ether oxygens (including phenoxy) is 1. The normalized spacial score (nSPS) is 19.5. The van der Waals surface area contributed by atoms with Crippen LogP contribution in [0.3, 0.4) is 0 Å². The summed E-state index contributed by atoms with van der Waals surface area (Å²) in [5, 5.41) is 0.545. The van der Waals surface area contributed by atoms with Gasteiger partial charge in [0.05, 0.1) is 12.1 Å². The Bertz CT molecular complexity index is 1250. The SMILES string of the molecule is COc1ccc2c(c1)C1(N=C(N)N(C)C1=O)c1cc(-c3cncc(Cl)c3)ccc1S2. The molecule has 2 aliphatic rings. The van der Waals surface area contributed by atoms with Crippen LogP contribution < -0.4 is 10.5 Å². The van der Waals surface area contributed by atoms with Gasteiger partial charge in [-0.1, -0.05) is 29.4 Å². The van der Waals surface area contributed by atoms with Gasteiger partial charge in [-0.25, -0.2) is 4.99 Å². The summed E-state index contributed by atoms with van der Waals surface area (Å²) >= 11 is 7.74. The Kier molecular flexibility index (Phi) is 4.27. The average molecular weight is 437 g/mol. The van der Waals surface area contributed by atoms with Crippen molar-refractivity contribution in [3.05, 3.63) is 71.0 Å². The maximum absolute atomic E-state index is 13.6. The van der Waals surface area contributed by atoms with E-state index in [4.69, 9.17) is 27.1 Å². The molecule has 8 heteroatoms. The van der Waals surface area contributed by atoms with Crippen LogP contribution in [-0.4, -0.2) is 35.9 Å². The third-order valence-corrected chi connectivity index (χ3v) is 6.80. The number of rotatable bonds is 2. The number of hydrogen-bond donors (Lipinski definition) is 1. The fourth-order valence-corrected chi connectivity index (χ4v) is 5.23. The molecule has 6 nitrogen and oxygen atoms in total. The molecule has 1 amide bonds. The number of methoxy groups -OCH3 is 1. The van der Waals surface area contributed by atoms with Crippen LogP contribution in [0.5, 0.6) is 5.75 Å². The first-order valence-corrected chi connectivity index (χ1v) is 10.4. The summed E-state index contributed by atoms with van der Waals surface area (Å²) in [7, 11) is 3.24. The number of hydrogen-bond acceptors (Lipinski definition) is 6. The van der Waals surface area contributed by atoms with E-state index in [9.17, 15) is 4.79 Å². The Hall–Kier alpha value is -3.03. The molecule has 0 fully saturated rings. The van der Waals surface area contributed by atoms with Crippen molar-refractivity contribution in [1.29, 1.82) is 0 Å². The van der Waals surface area contributed by atoms with Gasteiger partial charge >= 0.3 is 0 Å². The number of halogens is 1. The molecule has 0 aliphatic carbocycles. The van der Waals surface area contributed by atoms with Crippen LogP contribution in [0.15, 0.2) is 69.6 Å². The number of carbonyl (C=O) groups excluding carboxylic acids is 1. The largest absolute Gasteiger partial charge is 0.497 e. The first-order valence-electron chi connectivity index (χ1n) is 9.19. The van der Waals surface area contributed by atoms with Gasteiger partial charge in [0.15, 0.2) is 11.5 Å². The summed E-state index contributed by atoms with van der Waals surface area (Å²) in [6.07, 6.45) is 3.33. The first-order chi connectivity index (χ1) is 14.4. The zero-order valence-corrected chi connectivity index (χ0v) is 17.8. The second-order valence-electron chi connectivity index (χ2n) is 7.11. The Morgan fingerprint density at radius 2 is 1.80 bits per heavy atom. The van der Waals surface area contributed by atoms with Gasteiger partial charge in [-0.2, -0.15) is 0 Å². The van der Waals surface area contributed by atoms with Crippen molar-refractivity contribution in [2.45, 2.75) is 15.3 Å². The summed E-state index contributed by atoms with van der Waals surface area (Å²) in [4.78, 5) is 25.8. The number of nitrogens with zero attached hydrogens (tertiary/aromatic N) is 3. The van der Waals surface area contributed by atoms with Gasteiger partial charge in [-0.3, -0.25) is 14.7 Å². The minimum absolute atomic E-state index is 0.182. The van der Waals surface area contributed by atoms with E-state index in [-0.39, 0.29) is 11.9 Å². The van der Waals surface area contributed by atoms with Crippen molar-refractivity contribution in [2.24, 2.45) is 10.7 Å². The quantitative estimate of drug-likeness (QED) is 0.658. The summed E-state index contributed by atoms with van der Waals surface area (Å²) < 4.78 is 5.43. The monoisotopic (exact) mass is 436 g/mol. The molecule has 0 saturated heterocycles. The van der Waals surface area contributed by atoms with E-state index < -0.39 is 5.54 Å². The number of aliphatic imine (C=N–C) groups is 1. The Balaban J connectivity index is 1.80. The fourth-order valence-electron chi connectivity index (χ4n) is 3.91. The molecular weight excluding hydrogens is 420 g/mol. The van der Waals surface area contributed by atoms with Crippen LogP contribution in [-0.2, 0) is 10.3 Å². The van der Waals surface area contributed by atoms with Gasteiger partial charge in [0.25, 0.3) is 5.91 Å². The molecule has 1 atom stereocenters. The Labute approximate surface area is 182 Å². The lowest BCUT2D eigenvalue weighted by atomic mass is 9.81. The summed E-state index contributed by atoms with van der Waals surface area (Å²) in [5.74, 6) is 0.641. The lowest BCUT2D eigenvalue weighted by Crippen LogP contribution is -2.42. The summed E-state index contributed by atoms with van der Waals surface area (Å²) in [6.45, 7) is 0. The predicted molar refractivity (Wildman–Crippen MR) is 117 cm³/mol. The number of likely N-dealkylation sites (N-methyl/N-ethyl adjacent to an activating group) is 1. The van der Waals surface area contributed by atoms with Gasteiger partial charge < -0.3 is 10.5 Å². The lowest BCUT2D eigenvalue weighted by Gasteiger charge is -2.34. The number of guanidine groups is 1. The molecule has 2 N–H and O–H groups in total. The molecule has 0 radical (unpaired) electrons. The molecule has 150 valence electrons. The highest BCUT2D eigenvalue weighted by Gasteiger charge is 2.53. The van der Waals surface area contributed by atoms with E-state index in [1.54, 1.807) is 38.3 Å². The van der Waals surface area contributed by atoms with Crippen LogP contribution in [0.25, 0.3) is 11.1 Å². The van der Waals surface area contributed by atoms with Crippen molar-refractivity contribution >= 4 is 35.2 Å². The maximum atomic E-state index is 13.6. The second-order valence-corrected chi connectivity index (χ2v) is 8.63. The zero-order chi connectivity index (χ0) is 21.0. The highest BCUT2D eigenvalue weighted by Crippen LogP contribution is 2.53. The van der Waals surface area contributed by atoms with E-state index in [0.717, 1.165) is 32.0 Å². The Morgan fingerprint density at radius 3 is 2.47 bits per heavy atom. The highest BCUT2D eigenvalue weighted by molar-refractivity contribution is 7.99. The van der Waals surface area contributed by atoms with Crippen molar-refractivity contribution in [3.8, 4) is 16.9 Å². The van der Waals surface area contributed by atoms with Crippen LogP contribution in [0.1, 0.15) is 11.1 Å². The third kappa shape index (κ3) is 2.62. The summed E-state index contributed by atoms with van der Waals surface area (Å²) in [5.41, 5.74) is 8.16. The number of nitrogens with two attached hydrogens (primary N) is 1. The number of aromatic nitrogens is 1. The van der Waals surface area contributed by atoms with Crippen molar-refractivity contribution in [3.63, 3.8) is 0 Å². The van der Waals surface area contributed by atoms with Crippen molar-refractivity contribution < 1.29 is 9.53 Å². The molecule has 2 aromatic carbocycles. The van der Waals surface area contributed by atoms with Gasteiger partial charge in [0, 0.05) is 45.9 Å². The van der Waals surface area contributed by atoms with E-state index in [2.05, 4.69) is 4.98 Å². The van der Waals surface area contributed by atoms with Crippen molar-refractivity contribution in [1.82, 2.24) is 9.88 Å². The third-order valence-electron chi connectivity index (χ3n) is 5.44. The molecule has 1 spiro atoms. The van der Waals surface area contributed by atoms with Gasteiger partial charge in [-0.05, 0) is 42.0 Å². The molecule has 5 rings (SSSR count). The van der Waals surface area contributed by atoms with E-state index >= 15 is 0 Å².